The number of benzene rings is 1. The highest BCUT2D eigenvalue weighted by atomic mass is 16.2. The van der Waals surface area contributed by atoms with Crippen molar-refractivity contribution in [3.63, 3.8) is 0 Å². The van der Waals surface area contributed by atoms with E-state index in [0.29, 0.717) is 26.1 Å². The van der Waals surface area contributed by atoms with E-state index in [0.717, 1.165) is 25.2 Å². The van der Waals surface area contributed by atoms with Crippen LogP contribution < -0.4 is 15.1 Å². The van der Waals surface area contributed by atoms with Gasteiger partial charge in [-0.1, -0.05) is 12.1 Å². The zero-order valence-electron chi connectivity index (χ0n) is 16.8. The van der Waals surface area contributed by atoms with Gasteiger partial charge in [-0.25, -0.2) is 4.79 Å². The van der Waals surface area contributed by atoms with E-state index >= 15 is 0 Å². The van der Waals surface area contributed by atoms with E-state index in [9.17, 15) is 9.59 Å². The van der Waals surface area contributed by atoms with Gasteiger partial charge in [-0.3, -0.25) is 9.78 Å². The molecule has 0 saturated carbocycles. The minimum atomic E-state index is -0.480. The average Bonchev–Trinajstić information content (AvgIpc) is 2.76. The Hall–Kier alpha value is -3.09. The smallest absolute Gasteiger partial charge is 0.318 e. The number of piperidine rings is 1. The highest BCUT2D eigenvalue weighted by Crippen LogP contribution is 2.21. The number of carbonyl (C=O) groups is 2. The number of aromatic nitrogens is 1. The second-order valence-corrected chi connectivity index (χ2v) is 7.66. The topological polar surface area (TPSA) is 68.8 Å². The molecule has 2 fully saturated rings. The minimum Gasteiger partial charge on any atom is -0.368 e. The first kappa shape index (κ1) is 19.2. The Labute approximate surface area is 171 Å². The third-order valence-corrected chi connectivity index (χ3v) is 5.63. The molecule has 2 aliphatic heterocycles. The summed E-state index contributed by atoms with van der Waals surface area (Å²) in [5, 5.41) is 2.96. The summed E-state index contributed by atoms with van der Waals surface area (Å²) in [6.07, 6.45) is 4.90. The van der Waals surface area contributed by atoms with Crippen molar-refractivity contribution < 1.29 is 9.59 Å². The van der Waals surface area contributed by atoms with Gasteiger partial charge in [-0.15, -0.1) is 0 Å². The average molecular weight is 393 g/mol. The summed E-state index contributed by atoms with van der Waals surface area (Å²) in [4.78, 5) is 35.6. The predicted molar refractivity (Wildman–Crippen MR) is 113 cm³/mol. The van der Waals surface area contributed by atoms with Crippen LogP contribution in [0.1, 0.15) is 18.4 Å². The second kappa shape index (κ2) is 8.51. The molecule has 29 heavy (non-hydrogen) atoms. The number of rotatable bonds is 3. The molecular formula is C22H27N5O2. The fourth-order valence-corrected chi connectivity index (χ4v) is 4.01. The molecule has 1 N–H and O–H groups in total. The monoisotopic (exact) mass is 393 g/mol. The molecular weight excluding hydrogens is 366 g/mol. The molecule has 0 spiro atoms. The van der Waals surface area contributed by atoms with E-state index in [1.165, 1.54) is 11.3 Å². The molecule has 2 aliphatic rings. The minimum absolute atomic E-state index is 0.0593. The van der Waals surface area contributed by atoms with Crippen molar-refractivity contribution in [2.45, 2.75) is 25.8 Å². The SMILES string of the molecule is Cc1cccc(N2CCN(C(=O)NC3CCCN(c4cccnc4)C3=O)CC2)c1. The van der Waals surface area contributed by atoms with Gasteiger partial charge in [0, 0.05) is 44.6 Å². The van der Waals surface area contributed by atoms with Crippen LogP contribution in [0, 0.1) is 6.92 Å². The number of anilines is 2. The number of hydrogen-bond acceptors (Lipinski definition) is 4. The van der Waals surface area contributed by atoms with Crippen LogP contribution in [-0.4, -0.2) is 60.6 Å². The van der Waals surface area contributed by atoms with Crippen LogP contribution in [0.5, 0.6) is 0 Å². The molecule has 4 rings (SSSR count). The van der Waals surface area contributed by atoms with E-state index < -0.39 is 6.04 Å². The number of hydrogen-bond donors (Lipinski definition) is 1. The molecule has 7 heteroatoms. The lowest BCUT2D eigenvalue weighted by atomic mass is 10.0. The van der Waals surface area contributed by atoms with Crippen molar-refractivity contribution in [1.29, 1.82) is 0 Å². The standard InChI is InChI=1S/C22H27N5O2/c1-17-5-2-6-18(15-17)25-11-13-26(14-12-25)22(29)24-20-8-4-10-27(21(20)28)19-7-3-9-23-16-19/h2-3,5-7,9,15-16,20H,4,8,10-14H2,1H3,(H,24,29). The largest absolute Gasteiger partial charge is 0.368 e. The Balaban J connectivity index is 1.33. The summed E-state index contributed by atoms with van der Waals surface area (Å²) in [5.74, 6) is -0.0593. The lowest BCUT2D eigenvalue weighted by Crippen LogP contribution is -2.58. The van der Waals surface area contributed by atoms with Gasteiger partial charge < -0.3 is 20.0 Å². The number of aryl methyl sites for hydroxylation is 1. The summed E-state index contributed by atoms with van der Waals surface area (Å²) in [6.45, 7) is 5.61. The van der Waals surface area contributed by atoms with Crippen LogP contribution in [0.25, 0.3) is 0 Å². The maximum atomic E-state index is 12.9. The van der Waals surface area contributed by atoms with E-state index in [2.05, 4.69) is 46.4 Å². The number of nitrogens with zero attached hydrogens (tertiary/aromatic N) is 4. The van der Waals surface area contributed by atoms with Gasteiger partial charge in [0.1, 0.15) is 6.04 Å². The van der Waals surface area contributed by atoms with Crippen molar-refractivity contribution in [2.75, 3.05) is 42.5 Å². The van der Waals surface area contributed by atoms with Crippen molar-refractivity contribution >= 4 is 23.3 Å². The first-order valence-electron chi connectivity index (χ1n) is 10.2. The van der Waals surface area contributed by atoms with Gasteiger partial charge in [0.15, 0.2) is 0 Å². The molecule has 2 saturated heterocycles. The molecule has 152 valence electrons. The van der Waals surface area contributed by atoms with Gasteiger partial charge in [0.05, 0.1) is 11.9 Å². The van der Waals surface area contributed by atoms with Crippen molar-refractivity contribution in [3.8, 4) is 0 Å². The number of urea groups is 1. The van der Waals surface area contributed by atoms with E-state index in [1.54, 1.807) is 17.3 Å². The summed E-state index contributed by atoms with van der Waals surface area (Å²) >= 11 is 0. The normalized spacial score (nSPS) is 20.0. The molecule has 1 atom stereocenters. The molecule has 7 nitrogen and oxygen atoms in total. The van der Waals surface area contributed by atoms with Crippen LogP contribution in [-0.2, 0) is 4.79 Å². The Morgan fingerprint density at radius 1 is 1.07 bits per heavy atom. The molecule has 1 aromatic heterocycles. The molecule has 1 unspecified atom stereocenters. The van der Waals surface area contributed by atoms with Crippen LogP contribution in [0.15, 0.2) is 48.8 Å². The van der Waals surface area contributed by atoms with Gasteiger partial charge in [-0.2, -0.15) is 0 Å². The van der Waals surface area contributed by atoms with Crippen LogP contribution >= 0.6 is 0 Å². The molecule has 3 heterocycles. The van der Waals surface area contributed by atoms with Crippen LogP contribution in [0.4, 0.5) is 16.2 Å². The zero-order valence-corrected chi connectivity index (χ0v) is 16.8. The first-order valence-corrected chi connectivity index (χ1v) is 10.2. The lowest BCUT2D eigenvalue weighted by Gasteiger charge is -2.38. The van der Waals surface area contributed by atoms with E-state index in [1.807, 2.05) is 17.0 Å². The Kier molecular flexibility index (Phi) is 5.64. The number of amides is 3. The fourth-order valence-electron chi connectivity index (χ4n) is 4.01. The van der Waals surface area contributed by atoms with Crippen molar-refractivity contribution in [2.24, 2.45) is 0 Å². The quantitative estimate of drug-likeness (QED) is 0.870. The molecule has 1 aromatic carbocycles. The third-order valence-electron chi connectivity index (χ3n) is 5.63. The van der Waals surface area contributed by atoms with E-state index in [4.69, 9.17) is 0 Å². The molecule has 0 aliphatic carbocycles. The van der Waals surface area contributed by atoms with Gasteiger partial charge in [0.25, 0.3) is 0 Å². The molecule has 3 amide bonds. The highest BCUT2D eigenvalue weighted by Gasteiger charge is 2.32. The fraction of sp³-hybridized carbons (Fsp3) is 0.409. The van der Waals surface area contributed by atoms with Gasteiger partial charge >= 0.3 is 6.03 Å². The highest BCUT2D eigenvalue weighted by molar-refractivity contribution is 5.99. The zero-order chi connectivity index (χ0) is 20.2. The molecule has 0 radical (unpaired) electrons. The first-order chi connectivity index (χ1) is 14.1. The Morgan fingerprint density at radius 3 is 2.59 bits per heavy atom. The third kappa shape index (κ3) is 4.34. The van der Waals surface area contributed by atoms with Gasteiger partial charge in [0.2, 0.25) is 5.91 Å². The predicted octanol–water partition coefficient (Wildman–Crippen LogP) is 2.42. The van der Waals surface area contributed by atoms with Crippen molar-refractivity contribution in [3.05, 3.63) is 54.4 Å². The Morgan fingerprint density at radius 2 is 1.86 bits per heavy atom. The Bertz CT molecular complexity index is 865. The second-order valence-electron chi connectivity index (χ2n) is 7.66. The molecule has 2 aromatic rings. The van der Waals surface area contributed by atoms with Crippen molar-refractivity contribution in [1.82, 2.24) is 15.2 Å². The summed E-state index contributed by atoms with van der Waals surface area (Å²) in [7, 11) is 0. The van der Waals surface area contributed by atoms with Gasteiger partial charge in [-0.05, 0) is 49.6 Å². The van der Waals surface area contributed by atoms with Crippen LogP contribution in [0.2, 0.25) is 0 Å². The maximum Gasteiger partial charge on any atom is 0.318 e. The number of carbonyl (C=O) groups excluding carboxylic acids is 2. The molecule has 0 bridgehead atoms. The number of nitrogens with one attached hydrogen (secondary N) is 1. The number of pyridine rings is 1. The summed E-state index contributed by atoms with van der Waals surface area (Å²) in [5.41, 5.74) is 3.21. The summed E-state index contributed by atoms with van der Waals surface area (Å²) in [6, 6.07) is 11.5. The number of piperazine rings is 1. The van der Waals surface area contributed by atoms with E-state index in [-0.39, 0.29) is 11.9 Å². The van der Waals surface area contributed by atoms with Crippen LogP contribution in [0.3, 0.4) is 0 Å². The maximum absolute atomic E-state index is 12.9. The lowest BCUT2D eigenvalue weighted by molar-refractivity contribution is -0.121. The summed E-state index contributed by atoms with van der Waals surface area (Å²) < 4.78 is 0.